The summed E-state index contributed by atoms with van der Waals surface area (Å²) in [5.74, 6) is 2.51. The van der Waals surface area contributed by atoms with Gasteiger partial charge in [-0.1, -0.05) is 149 Å². The Morgan fingerprint density at radius 1 is 0.447 bits per heavy atom. The Balaban J connectivity index is 2.00. The fourth-order valence-corrected chi connectivity index (χ4v) is 7.43. The lowest BCUT2D eigenvalue weighted by Crippen LogP contribution is -2.24. The summed E-state index contributed by atoms with van der Waals surface area (Å²) in [6, 6.07) is 15.9. The van der Waals surface area contributed by atoms with Crippen molar-refractivity contribution in [2.24, 2.45) is 0 Å². The summed E-state index contributed by atoms with van der Waals surface area (Å²) in [5, 5.41) is 0. The van der Waals surface area contributed by atoms with E-state index < -0.39 is 8.60 Å². The van der Waals surface area contributed by atoms with E-state index in [4.69, 9.17) is 13.6 Å². The molecule has 0 radical (unpaired) electrons. The highest BCUT2D eigenvalue weighted by atomic mass is 31.2. The molecular weight excluding hydrogens is 595 g/mol. The van der Waals surface area contributed by atoms with Crippen molar-refractivity contribution in [3.05, 3.63) is 87.0 Å². The molecule has 1 aliphatic rings. The third kappa shape index (κ3) is 8.39. The van der Waals surface area contributed by atoms with Crippen LogP contribution in [-0.4, -0.2) is 0 Å². The van der Waals surface area contributed by atoms with Gasteiger partial charge in [0.05, 0.1) is 0 Å². The molecule has 0 aromatic heterocycles. The van der Waals surface area contributed by atoms with Crippen LogP contribution in [0.5, 0.6) is 17.2 Å². The van der Waals surface area contributed by atoms with Crippen LogP contribution < -0.4 is 13.6 Å². The minimum atomic E-state index is -1.84. The van der Waals surface area contributed by atoms with E-state index in [9.17, 15) is 0 Å². The molecule has 3 aromatic rings. The molecule has 0 atom stereocenters. The molecule has 0 amide bonds. The van der Waals surface area contributed by atoms with Gasteiger partial charge in [0, 0.05) is 12.0 Å². The van der Waals surface area contributed by atoms with Crippen LogP contribution in [0.4, 0.5) is 0 Å². The Hall–Kier alpha value is -2.51. The first-order valence-electron chi connectivity index (χ1n) is 17.4. The van der Waals surface area contributed by atoms with Crippen molar-refractivity contribution >= 4 is 8.60 Å². The minimum absolute atomic E-state index is 0.0242. The fraction of sp³-hybridized carbons (Fsp3) is 0.581. The summed E-state index contributed by atoms with van der Waals surface area (Å²) in [6.07, 6.45) is 0.725. The summed E-state index contributed by atoms with van der Waals surface area (Å²) in [6.45, 7) is 41.1. The molecule has 1 heterocycles. The zero-order chi connectivity index (χ0) is 35.7. The molecule has 258 valence electrons. The van der Waals surface area contributed by atoms with Gasteiger partial charge < -0.3 is 13.6 Å². The maximum atomic E-state index is 6.91. The van der Waals surface area contributed by atoms with Crippen LogP contribution in [0.25, 0.3) is 0 Å². The smallest absolute Gasteiger partial charge is 0.408 e. The number of benzene rings is 3. The van der Waals surface area contributed by atoms with E-state index in [0.717, 1.165) is 29.2 Å². The van der Waals surface area contributed by atoms with E-state index in [1.54, 1.807) is 0 Å². The predicted octanol–water partition coefficient (Wildman–Crippen LogP) is 13.1. The van der Waals surface area contributed by atoms with Gasteiger partial charge in [0.2, 0.25) is 0 Å². The number of hydrogen-bond donors (Lipinski definition) is 0. The molecule has 0 N–H and O–H groups in total. The average Bonchev–Trinajstić information content (AvgIpc) is 2.85. The van der Waals surface area contributed by atoms with Gasteiger partial charge in [-0.2, -0.15) is 0 Å². The lowest BCUT2D eigenvalue weighted by atomic mass is 9.73. The molecule has 0 unspecified atom stereocenters. The molecule has 0 fully saturated rings. The minimum Gasteiger partial charge on any atom is -0.408 e. The molecule has 0 spiro atoms. The molecule has 0 bridgehead atoms. The van der Waals surface area contributed by atoms with Gasteiger partial charge in [-0.15, -0.1) is 0 Å². The Morgan fingerprint density at radius 3 is 1.15 bits per heavy atom. The molecule has 3 aromatic carbocycles. The molecule has 3 nitrogen and oxygen atoms in total. The zero-order valence-corrected chi connectivity index (χ0v) is 33.8. The third-order valence-corrected chi connectivity index (χ3v) is 10.2. The van der Waals surface area contributed by atoms with Gasteiger partial charge in [0.25, 0.3) is 0 Å². The first-order valence-corrected chi connectivity index (χ1v) is 18.5. The van der Waals surface area contributed by atoms with Crippen molar-refractivity contribution in [2.75, 3.05) is 0 Å². The van der Waals surface area contributed by atoms with Crippen molar-refractivity contribution in [3.63, 3.8) is 0 Å². The lowest BCUT2D eigenvalue weighted by Gasteiger charge is -2.35. The molecule has 0 saturated carbocycles. The van der Waals surface area contributed by atoms with Crippen LogP contribution >= 0.6 is 8.60 Å². The molecule has 0 saturated heterocycles. The maximum Gasteiger partial charge on any atom is 0.530 e. The van der Waals surface area contributed by atoms with E-state index in [0.29, 0.717) is 0 Å². The highest BCUT2D eigenvalue weighted by Gasteiger charge is 2.35. The van der Waals surface area contributed by atoms with Crippen LogP contribution in [-0.2, 0) is 38.9 Å². The largest absolute Gasteiger partial charge is 0.530 e. The third-order valence-electron chi connectivity index (χ3n) is 9.19. The van der Waals surface area contributed by atoms with Crippen LogP contribution in [0.15, 0.2) is 42.5 Å². The Labute approximate surface area is 289 Å². The van der Waals surface area contributed by atoms with Crippen molar-refractivity contribution in [3.8, 4) is 17.2 Å². The molecule has 0 aliphatic carbocycles. The van der Waals surface area contributed by atoms with Gasteiger partial charge in [0.15, 0.2) is 0 Å². The van der Waals surface area contributed by atoms with Gasteiger partial charge in [-0.05, 0) is 89.6 Å². The predicted molar refractivity (Wildman–Crippen MR) is 203 cm³/mol. The number of fused-ring (bicyclic) bond motifs is 2. The van der Waals surface area contributed by atoms with E-state index in [1.807, 2.05) is 0 Å². The average molecular weight is 659 g/mol. The monoisotopic (exact) mass is 658 g/mol. The number of hydrogen-bond acceptors (Lipinski definition) is 3. The number of rotatable bonds is 2. The van der Waals surface area contributed by atoms with Gasteiger partial charge in [-0.25, -0.2) is 0 Å². The van der Waals surface area contributed by atoms with E-state index in [1.165, 1.54) is 38.9 Å². The second-order valence-corrected chi connectivity index (χ2v) is 20.9. The maximum absolute atomic E-state index is 6.91. The first kappa shape index (κ1) is 37.3. The van der Waals surface area contributed by atoms with Crippen molar-refractivity contribution in [1.82, 2.24) is 0 Å². The second kappa shape index (κ2) is 12.1. The van der Waals surface area contributed by atoms with Gasteiger partial charge in [0.1, 0.15) is 17.2 Å². The topological polar surface area (TPSA) is 27.7 Å². The second-order valence-electron chi connectivity index (χ2n) is 19.9. The van der Waals surface area contributed by atoms with Crippen LogP contribution in [0.3, 0.4) is 0 Å². The molecule has 47 heavy (non-hydrogen) atoms. The van der Waals surface area contributed by atoms with Crippen molar-refractivity contribution < 1.29 is 13.6 Å². The van der Waals surface area contributed by atoms with Crippen LogP contribution in [0.2, 0.25) is 0 Å². The quantitative estimate of drug-likeness (QED) is 0.257. The van der Waals surface area contributed by atoms with Crippen molar-refractivity contribution in [2.45, 2.75) is 164 Å². The van der Waals surface area contributed by atoms with Crippen LogP contribution in [0.1, 0.15) is 169 Å². The summed E-state index contributed by atoms with van der Waals surface area (Å²) in [7, 11) is -1.84. The van der Waals surface area contributed by atoms with E-state index >= 15 is 0 Å². The highest BCUT2D eigenvalue weighted by molar-refractivity contribution is 7.43. The summed E-state index contributed by atoms with van der Waals surface area (Å²) >= 11 is 0. The lowest BCUT2D eigenvalue weighted by molar-refractivity contribution is 0.373. The fourth-order valence-electron chi connectivity index (χ4n) is 6.34. The van der Waals surface area contributed by atoms with E-state index in [2.05, 4.69) is 167 Å². The van der Waals surface area contributed by atoms with Crippen LogP contribution in [0, 0.1) is 0 Å². The van der Waals surface area contributed by atoms with Crippen molar-refractivity contribution in [1.29, 1.82) is 0 Å². The Morgan fingerprint density at radius 2 is 0.809 bits per heavy atom. The Bertz CT molecular complexity index is 1540. The zero-order valence-electron chi connectivity index (χ0n) is 32.9. The van der Waals surface area contributed by atoms with E-state index in [-0.39, 0.29) is 32.5 Å². The molecule has 4 rings (SSSR count). The first-order chi connectivity index (χ1) is 21.1. The Kier molecular flexibility index (Phi) is 9.62. The SMILES string of the molecule is CC(C)(C)c1ccc(OP2Oc3cc(C(C)(C)C)c(C(C)(C)C)cc3Cc3cc(C(C)(C)C)c(C(C)(C)C)cc3O2)c(C(C)(C)C)c1. The van der Waals surface area contributed by atoms with Gasteiger partial charge >= 0.3 is 8.60 Å². The van der Waals surface area contributed by atoms with Gasteiger partial charge in [-0.3, -0.25) is 0 Å². The summed E-state index contributed by atoms with van der Waals surface area (Å²) < 4.78 is 20.7. The molecular formula is C43H63O3P. The molecule has 1 aliphatic heterocycles. The standard InChI is InChI=1S/C43H63O3P/c1-38(2,3)29-19-20-35(34(24-29)43(16,17)18)44-47-45-36-25-32(41(10,11)12)30(39(4,5)6)22-27(36)21-28-23-31(40(7,8)9)33(42(13,14)15)26-37(28)46-47/h19-20,22-26H,21H2,1-18H3. The molecule has 4 heteroatoms. The summed E-state index contributed by atoms with van der Waals surface area (Å²) in [4.78, 5) is 0. The normalized spacial score (nSPS) is 15.2. The summed E-state index contributed by atoms with van der Waals surface area (Å²) in [5.41, 5.74) is 9.81. The highest BCUT2D eigenvalue weighted by Crippen LogP contribution is 2.52.